The number of benzene rings is 1. The lowest BCUT2D eigenvalue weighted by Gasteiger charge is -2.19. The number of amides is 1. The quantitative estimate of drug-likeness (QED) is 0.547. The Hall–Kier alpha value is -3.17. The lowest BCUT2D eigenvalue weighted by Crippen LogP contribution is -2.28. The molecule has 1 amide bonds. The van der Waals surface area contributed by atoms with Gasteiger partial charge >= 0.3 is 0 Å². The summed E-state index contributed by atoms with van der Waals surface area (Å²) in [7, 11) is 1.58. The molecule has 1 aliphatic rings. The molecule has 0 saturated heterocycles. The summed E-state index contributed by atoms with van der Waals surface area (Å²) in [5.41, 5.74) is 1.25. The molecule has 1 aromatic carbocycles. The third kappa shape index (κ3) is 5.35. The van der Waals surface area contributed by atoms with Crippen LogP contribution >= 0.6 is 0 Å². The maximum Gasteiger partial charge on any atom is 0.287 e. The van der Waals surface area contributed by atoms with Crippen LogP contribution in [-0.4, -0.2) is 52.4 Å². The molecule has 3 aromatic rings. The van der Waals surface area contributed by atoms with Gasteiger partial charge in [-0.3, -0.25) is 9.69 Å². The fourth-order valence-electron chi connectivity index (χ4n) is 3.80. The third-order valence-corrected chi connectivity index (χ3v) is 5.42. The summed E-state index contributed by atoms with van der Waals surface area (Å²) in [6, 6.07) is 11.6. The lowest BCUT2D eigenvalue weighted by molar-refractivity contribution is 0.0913. The number of carbonyl (C=O) groups excluding carboxylic acids is 1. The Morgan fingerprint density at radius 2 is 1.97 bits per heavy atom. The molecular formula is C23H29N5O4. The van der Waals surface area contributed by atoms with Gasteiger partial charge in [-0.1, -0.05) is 12.1 Å². The number of nitrogens with one attached hydrogen (secondary N) is 1. The zero-order valence-corrected chi connectivity index (χ0v) is 18.5. The Morgan fingerprint density at radius 1 is 1.12 bits per heavy atom. The van der Waals surface area contributed by atoms with Gasteiger partial charge in [-0.25, -0.2) is 0 Å². The molecule has 170 valence electrons. The highest BCUT2D eigenvalue weighted by Crippen LogP contribution is 2.16. The van der Waals surface area contributed by atoms with E-state index in [9.17, 15) is 4.79 Å². The van der Waals surface area contributed by atoms with Crippen LogP contribution in [0.25, 0.3) is 0 Å². The van der Waals surface area contributed by atoms with Crippen molar-refractivity contribution in [3.05, 3.63) is 65.1 Å². The molecular weight excluding hydrogens is 410 g/mol. The number of furan rings is 1. The minimum atomic E-state index is -0.282. The molecule has 0 bridgehead atoms. The van der Waals surface area contributed by atoms with Gasteiger partial charge in [-0.2, -0.15) is 0 Å². The minimum absolute atomic E-state index is 0.259. The zero-order chi connectivity index (χ0) is 22.3. The van der Waals surface area contributed by atoms with Gasteiger partial charge in [0.25, 0.3) is 5.91 Å². The fraction of sp³-hybridized carbons (Fsp3) is 0.435. The number of methoxy groups -OCH3 is 1. The number of fused-ring (bicyclic) bond motifs is 1. The molecule has 0 spiro atoms. The van der Waals surface area contributed by atoms with Crippen molar-refractivity contribution in [2.45, 2.75) is 39.6 Å². The number of nitrogens with zero attached hydrogens (tertiary/aromatic N) is 4. The van der Waals surface area contributed by atoms with E-state index in [1.165, 1.54) is 5.56 Å². The van der Waals surface area contributed by atoms with Crippen LogP contribution in [0.4, 0.5) is 0 Å². The van der Waals surface area contributed by atoms with Crippen molar-refractivity contribution in [1.82, 2.24) is 25.0 Å². The van der Waals surface area contributed by atoms with Crippen molar-refractivity contribution in [2.24, 2.45) is 0 Å². The molecule has 0 saturated carbocycles. The Kier molecular flexibility index (Phi) is 7.18. The zero-order valence-electron chi connectivity index (χ0n) is 18.5. The summed E-state index contributed by atoms with van der Waals surface area (Å²) in [5.74, 6) is 3.18. The molecule has 0 aliphatic carbocycles. The van der Waals surface area contributed by atoms with E-state index >= 15 is 0 Å². The SMILES string of the molecule is CCOc1ccc(CN2CCc3nnc(CNC(=O)c4ccc(COC)o4)n3CC2)cc1. The average molecular weight is 440 g/mol. The van der Waals surface area contributed by atoms with Crippen LogP contribution in [0.5, 0.6) is 5.75 Å². The molecule has 32 heavy (non-hydrogen) atoms. The van der Waals surface area contributed by atoms with Gasteiger partial charge in [-0.15, -0.1) is 10.2 Å². The number of hydrogen-bond acceptors (Lipinski definition) is 7. The van der Waals surface area contributed by atoms with E-state index in [4.69, 9.17) is 13.9 Å². The van der Waals surface area contributed by atoms with Gasteiger partial charge in [0.05, 0.1) is 13.2 Å². The van der Waals surface area contributed by atoms with E-state index in [-0.39, 0.29) is 11.7 Å². The third-order valence-electron chi connectivity index (χ3n) is 5.42. The summed E-state index contributed by atoms with van der Waals surface area (Å²) >= 11 is 0. The van der Waals surface area contributed by atoms with Gasteiger partial charge in [0.15, 0.2) is 11.6 Å². The van der Waals surface area contributed by atoms with E-state index < -0.39 is 0 Å². The van der Waals surface area contributed by atoms with Gasteiger partial charge in [0, 0.05) is 39.7 Å². The Labute approximate surface area is 187 Å². The first-order valence-corrected chi connectivity index (χ1v) is 10.9. The largest absolute Gasteiger partial charge is 0.494 e. The Balaban J connectivity index is 1.32. The molecule has 9 nitrogen and oxygen atoms in total. The smallest absolute Gasteiger partial charge is 0.287 e. The molecule has 3 heterocycles. The summed E-state index contributed by atoms with van der Waals surface area (Å²) in [6.07, 6.45) is 0.816. The van der Waals surface area contributed by atoms with Crippen LogP contribution in [-0.2, 0) is 37.4 Å². The molecule has 0 unspecified atom stereocenters. The van der Waals surface area contributed by atoms with Crippen molar-refractivity contribution in [1.29, 1.82) is 0 Å². The van der Waals surface area contributed by atoms with E-state index in [0.29, 0.717) is 25.5 Å². The second-order valence-electron chi connectivity index (χ2n) is 7.67. The number of rotatable bonds is 9. The van der Waals surface area contributed by atoms with Crippen molar-refractivity contribution in [3.8, 4) is 5.75 Å². The fourth-order valence-corrected chi connectivity index (χ4v) is 3.80. The summed E-state index contributed by atoms with van der Waals surface area (Å²) in [5, 5.41) is 11.5. The molecule has 9 heteroatoms. The standard InChI is InChI=1S/C23H29N5O4/c1-3-31-18-6-4-17(5-7-18)15-27-11-10-21-25-26-22(28(21)13-12-27)14-24-23(29)20-9-8-19(32-20)16-30-2/h4-9H,3,10-16H2,1-2H3,(H,24,29). The lowest BCUT2D eigenvalue weighted by atomic mass is 10.2. The number of aromatic nitrogens is 3. The van der Waals surface area contributed by atoms with Crippen molar-refractivity contribution in [2.75, 3.05) is 26.8 Å². The van der Waals surface area contributed by atoms with Crippen LogP contribution in [0.1, 0.15) is 40.5 Å². The predicted octanol–water partition coefficient (Wildman–Crippen LogP) is 2.40. The van der Waals surface area contributed by atoms with Crippen LogP contribution in [0.3, 0.4) is 0 Å². The number of hydrogen-bond donors (Lipinski definition) is 1. The minimum Gasteiger partial charge on any atom is -0.494 e. The highest BCUT2D eigenvalue weighted by Gasteiger charge is 2.20. The Bertz CT molecular complexity index is 1030. The maximum absolute atomic E-state index is 12.4. The Morgan fingerprint density at radius 3 is 2.75 bits per heavy atom. The predicted molar refractivity (Wildman–Crippen MR) is 117 cm³/mol. The van der Waals surface area contributed by atoms with Crippen LogP contribution in [0, 0.1) is 0 Å². The highest BCUT2D eigenvalue weighted by atomic mass is 16.5. The van der Waals surface area contributed by atoms with Gasteiger partial charge in [0.1, 0.15) is 23.9 Å². The van der Waals surface area contributed by atoms with Crippen LogP contribution in [0.2, 0.25) is 0 Å². The van der Waals surface area contributed by atoms with E-state index in [1.807, 2.05) is 19.1 Å². The maximum atomic E-state index is 12.4. The molecule has 0 fully saturated rings. The molecule has 0 atom stereocenters. The van der Waals surface area contributed by atoms with E-state index in [2.05, 4.69) is 37.1 Å². The van der Waals surface area contributed by atoms with Crippen molar-refractivity contribution >= 4 is 5.91 Å². The second-order valence-corrected chi connectivity index (χ2v) is 7.67. The first-order chi connectivity index (χ1) is 15.7. The monoisotopic (exact) mass is 439 g/mol. The molecule has 1 N–H and O–H groups in total. The average Bonchev–Trinajstić information content (AvgIpc) is 3.37. The summed E-state index contributed by atoms with van der Waals surface area (Å²) in [4.78, 5) is 14.8. The summed E-state index contributed by atoms with van der Waals surface area (Å²) in [6.45, 7) is 6.73. The first-order valence-electron chi connectivity index (χ1n) is 10.9. The van der Waals surface area contributed by atoms with Crippen molar-refractivity contribution in [3.63, 3.8) is 0 Å². The molecule has 0 radical (unpaired) electrons. The number of ether oxygens (including phenoxy) is 2. The molecule has 1 aliphatic heterocycles. The van der Waals surface area contributed by atoms with Gasteiger partial charge in [-0.05, 0) is 36.8 Å². The van der Waals surface area contributed by atoms with Crippen molar-refractivity contribution < 1.29 is 18.7 Å². The molecule has 2 aromatic heterocycles. The summed E-state index contributed by atoms with van der Waals surface area (Å²) < 4.78 is 18.1. The number of carbonyl (C=O) groups is 1. The normalized spacial score (nSPS) is 14.1. The topological polar surface area (TPSA) is 94.7 Å². The second kappa shape index (κ2) is 10.4. The highest BCUT2D eigenvalue weighted by molar-refractivity contribution is 5.91. The first kappa shape index (κ1) is 22.0. The van der Waals surface area contributed by atoms with E-state index in [1.54, 1.807) is 19.2 Å². The molecule has 4 rings (SSSR count). The van der Waals surface area contributed by atoms with E-state index in [0.717, 1.165) is 50.0 Å². The van der Waals surface area contributed by atoms with Crippen LogP contribution < -0.4 is 10.1 Å². The van der Waals surface area contributed by atoms with Gasteiger partial charge < -0.3 is 23.8 Å². The van der Waals surface area contributed by atoms with Gasteiger partial charge in [0.2, 0.25) is 0 Å². The van der Waals surface area contributed by atoms with Crippen LogP contribution in [0.15, 0.2) is 40.8 Å².